The number of carbonyl (C=O) groups is 1. The normalized spacial score (nSPS) is 9.77. The first-order chi connectivity index (χ1) is 10.6. The maximum Gasteiger partial charge on any atom is 0.305 e. The number of methoxy groups -OCH3 is 1. The van der Waals surface area contributed by atoms with Crippen LogP contribution in [0.1, 0.15) is 28.7 Å². The highest BCUT2D eigenvalue weighted by Crippen LogP contribution is 2.09. The lowest BCUT2D eigenvalue weighted by molar-refractivity contribution is -0.140. The number of esters is 1. The quantitative estimate of drug-likeness (QED) is 0.496. The minimum Gasteiger partial charge on any atom is -0.469 e. The van der Waals surface area contributed by atoms with Gasteiger partial charge in [0.2, 0.25) is 5.95 Å². The zero-order valence-corrected chi connectivity index (χ0v) is 12.5. The predicted molar refractivity (Wildman–Crippen MR) is 81.7 cm³/mol. The molecule has 0 bridgehead atoms. The van der Waals surface area contributed by atoms with E-state index in [1.54, 1.807) is 13.0 Å². The van der Waals surface area contributed by atoms with Gasteiger partial charge in [-0.15, -0.1) is 0 Å². The molecular formula is C18H16FNO2. The van der Waals surface area contributed by atoms with Crippen LogP contribution in [0.3, 0.4) is 0 Å². The Morgan fingerprint density at radius 3 is 2.64 bits per heavy atom. The molecule has 0 amide bonds. The SMILES string of the molecule is COC(=O)CCc1ccc(C#Cc2ccnc(F)c2C)cc1. The third kappa shape index (κ3) is 4.16. The number of halogens is 1. The van der Waals surface area contributed by atoms with Crippen molar-refractivity contribution in [2.24, 2.45) is 0 Å². The Kier molecular flexibility index (Phi) is 5.26. The van der Waals surface area contributed by atoms with Gasteiger partial charge in [0.05, 0.1) is 7.11 Å². The molecular weight excluding hydrogens is 281 g/mol. The van der Waals surface area contributed by atoms with Crippen LogP contribution in [0.15, 0.2) is 36.5 Å². The van der Waals surface area contributed by atoms with Crippen LogP contribution in [-0.4, -0.2) is 18.1 Å². The molecule has 4 heteroatoms. The third-order valence-electron chi connectivity index (χ3n) is 3.28. The van der Waals surface area contributed by atoms with Crippen molar-refractivity contribution in [3.05, 3.63) is 64.7 Å². The van der Waals surface area contributed by atoms with Crippen molar-refractivity contribution in [3.8, 4) is 11.8 Å². The van der Waals surface area contributed by atoms with E-state index in [1.165, 1.54) is 13.3 Å². The lowest BCUT2D eigenvalue weighted by Gasteiger charge is -2.01. The molecule has 0 radical (unpaired) electrons. The summed E-state index contributed by atoms with van der Waals surface area (Å²) >= 11 is 0. The Morgan fingerprint density at radius 1 is 1.23 bits per heavy atom. The summed E-state index contributed by atoms with van der Waals surface area (Å²) in [6.07, 6.45) is 2.40. The Labute approximate surface area is 129 Å². The number of hydrogen-bond acceptors (Lipinski definition) is 3. The van der Waals surface area contributed by atoms with E-state index in [0.717, 1.165) is 11.1 Å². The number of ether oxygens (including phenoxy) is 1. The van der Waals surface area contributed by atoms with E-state index in [9.17, 15) is 9.18 Å². The van der Waals surface area contributed by atoms with Gasteiger partial charge in [-0.25, -0.2) is 4.98 Å². The highest BCUT2D eigenvalue weighted by atomic mass is 19.1. The molecule has 3 nitrogen and oxygen atoms in total. The van der Waals surface area contributed by atoms with Gasteiger partial charge in [-0.1, -0.05) is 24.0 Å². The molecule has 0 aliphatic carbocycles. The molecule has 0 spiro atoms. The second kappa shape index (κ2) is 7.37. The molecule has 22 heavy (non-hydrogen) atoms. The second-order valence-electron chi connectivity index (χ2n) is 4.80. The summed E-state index contributed by atoms with van der Waals surface area (Å²) < 4.78 is 17.9. The van der Waals surface area contributed by atoms with E-state index in [2.05, 4.69) is 21.6 Å². The van der Waals surface area contributed by atoms with E-state index in [4.69, 9.17) is 0 Å². The number of benzene rings is 1. The van der Waals surface area contributed by atoms with Crippen molar-refractivity contribution in [3.63, 3.8) is 0 Å². The standard InChI is InChI=1S/C18H16FNO2/c1-13-16(11-12-20-18(13)19)9-7-14-3-5-15(6-4-14)8-10-17(21)22-2/h3-6,11-12H,8,10H2,1-2H3. The summed E-state index contributed by atoms with van der Waals surface area (Å²) in [6, 6.07) is 9.30. The highest BCUT2D eigenvalue weighted by Gasteiger charge is 2.02. The van der Waals surface area contributed by atoms with Gasteiger partial charge in [-0.05, 0) is 37.1 Å². The number of rotatable bonds is 3. The van der Waals surface area contributed by atoms with Gasteiger partial charge < -0.3 is 4.74 Å². The predicted octanol–water partition coefficient (Wildman–Crippen LogP) is 3.03. The molecule has 0 aliphatic heterocycles. The van der Waals surface area contributed by atoms with Crippen molar-refractivity contribution < 1.29 is 13.9 Å². The molecule has 0 saturated carbocycles. The first kappa shape index (κ1) is 15.7. The van der Waals surface area contributed by atoms with Crippen LogP contribution in [0.5, 0.6) is 0 Å². The second-order valence-corrected chi connectivity index (χ2v) is 4.80. The first-order valence-corrected chi connectivity index (χ1v) is 6.89. The van der Waals surface area contributed by atoms with E-state index in [1.807, 2.05) is 24.3 Å². The van der Waals surface area contributed by atoms with Gasteiger partial charge in [-0.2, -0.15) is 4.39 Å². The van der Waals surface area contributed by atoms with Gasteiger partial charge >= 0.3 is 5.97 Å². The lowest BCUT2D eigenvalue weighted by Crippen LogP contribution is -2.01. The van der Waals surface area contributed by atoms with Crippen molar-refractivity contribution in [1.82, 2.24) is 4.98 Å². The Bertz CT molecular complexity index is 727. The summed E-state index contributed by atoms with van der Waals surface area (Å²) in [5.74, 6) is 5.22. The molecule has 1 heterocycles. The topological polar surface area (TPSA) is 39.2 Å². The molecule has 2 aromatic rings. The zero-order valence-electron chi connectivity index (χ0n) is 12.5. The van der Waals surface area contributed by atoms with Crippen molar-refractivity contribution >= 4 is 5.97 Å². The Hall–Kier alpha value is -2.67. The molecule has 1 aromatic heterocycles. The van der Waals surface area contributed by atoms with Crippen LogP contribution in [-0.2, 0) is 16.0 Å². The molecule has 2 rings (SSSR count). The van der Waals surface area contributed by atoms with Crippen LogP contribution < -0.4 is 0 Å². The molecule has 112 valence electrons. The van der Waals surface area contributed by atoms with Gasteiger partial charge in [0.25, 0.3) is 0 Å². The van der Waals surface area contributed by atoms with Crippen LogP contribution >= 0.6 is 0 Å². The average Bonchev–Trinajstić information content (AvgIpc) is 2.55. The number of pyridine rings is 1. The molecule has 1 aromatic carbocycles. The van der Waals surface area contributed by atoms with Crippen LogP contribution in [0.2, 0.25) is 0 Å². The number of carbonyl (C=O) groups excluding carboxylic acids is 1. The summed E-state index contributed by atoms with van der Waals surface area (Å²) in [7, 11) is 1.38. The third-order valence-corrected chi connectivity index (χ3v) is 3.28. The fourth-order valence-electron chi connectivity index (χ4n) is 1.89. The largest absolute Gasteiger partial charge is 0.469 e. The van der Waals surface area contributed by atoms with Gasteiger partial charge in [0, 0.05) is 29.3 Å². The fraction of sp³-hybridized carbons (Fsp3) is 0.222. The van der Waals surface area contributed by atoms with Gasteiger partial charge in [0.15, 0.2) is 0 Å². The van der Waals surface area contributed by atoms with Crippen LogP contribution in [0.4, 0.5) is 4.39 Å². The molecule has 0 aliphatic rings. The van der Waals surface area contributed by atoms with Crippen molar-refractivity contribution in [2.75, 3.05) is 7.11 Å². The van der Waals surface area contributed by atoms with Crippen molar-refractivity contribution in [2.45, 2.75) is 19.8 Å². The summed E-state index contributed by atoms with van der Waals surface area (Å²) in [5, 5.41) is 0. The summed E-state index contributed by atoms with van der Waals surface area (Å²) in [5.41, 5.74) is 2.95. The lowest BCUT2D eigenvalue weighted by atomic mass is 10.1. The van der Waals surface area contributed by atoms with Crippen LogP contribution in [0, 0.1) is 24.7 Å². The van der Waals surface area contributed by atoms with Crippen molar-refractivity contribution in [1.29, 1.82) is 0 Å². The maximum absolute atomic E-state index is 13.3. The summed E-state index contributed by atoms with van der Waals surface area (Å²) in [4.78, 5) is 14.7. The van der Waals surface area contributed by atoms with Crippen LogP contribution in [0.25, 0.3) is 0 Å². The number of nitrogens with zero attached hydrogens (tertiary/aromatic N) is 1. The van der Waals surface area contributed by atoms with E-state index in [-0.39, 0.29) is 5.97 Å². The molecule has 0 unspecified atom stereocenters. The maximum atomic E-state index is 13.3. The van der Waals surface area contributed by atoms with E-state index >= 15 is 0 Å². The minimum absolute atomic E-state index is 0.223. The monoisotopic (exact) mass is 297 g/mol. The number of aromatic nitrogens is 1. The van der Waals surface area contributed by atoms with E-state index in [0.29, 0.717) is 24.0 Å². The highest BCUT2D eigenvalue weighted by molar-refractivity contribution is 5.69. The van der Waals surface area contributed by atoms with E-state index < -0.39 is 5.95 Å². The fourth-order valence-corrected chi connectivity index (χ4v) is 1.89. The van der Waals surface area contributed by atoms with Gasteiger partial charge in [-0.3, -0.25) is 4.79 Å². The van der Waals surface area contributed by atoms with Gasteiger partial charge in [0.1, 0.15) is 0 Å². The Balaban J connectivity index is 2.07. The first-order valence-electron chi connectivity index (χ1n) is 6.89. The minimum atomic E-state index is -0.495. The molecule has 0 saturated heterocycles. The molecule has 0 N–H and O–H groups in total. The Morgan fingerprint density at radius 2 is 1.95 bits per heavy atom. The number of hydrogen-bond donors (Lipinski definition) is 0. The number of aryl methyl sites for hydroxylation is 1. The molecule has 0 atom stereocenters. The smallest absolute Gasteiger partial charge is 0.305 e. The average molecular weight is 297 g/mol. The summed E-state index contributed by atoms with van der Waals surface area (Å²) in [6.45, 7) is 1.66. The molecule has 0 fully saturated rings. The zero-order chi connectivity index (χ0) is 15.9.